The number of hydrogen-bond donors (Lipinski definition) is 3. The lowest BCUT2D eigenvalue weighted by molar-refractivity contribution is -0.149. The van der Waals surface area contributed by atoms with Crippen molar-refractivity contribution in [1.82, 2.24) is 15.6 Å². The zero-order chi connectivity index (χ0) is 15.2. The van der Waals surface area contributed by atoms with Gasteiger partial charge in [0.15, 0.2) is 0 Å². The average Bonchev–Trinajstić information content (AvgIpc) is 2.83. The van der Waals surface area contributed by atoms with Crippen LogP contribution in [0.2, 0.25) is 0 Å². The van der Waals surface area contributed by atoms with Crippen LogP contribution in [0, 0.1) is 12.3 Å². The number of rotatable bonds is 7. The summed E-state index contributed by atoms with van der Waals surface area (Å²) in [6.45, 7) is 5.61. The summed E-state index contributed by atoms with van der Waals surface area (Å²) < 4.78 is 5.21. The van der Waals surface area contributed by atoms with Crippen molar-refractivity contribution < 1.29 is 19.1 Å². The van der Waals surface area contributed by atoms with Crippen molar-refractivity contribution in [3.8, 4) is 0 Å². The largest absolute Gasteiger partial charge is 0.481 e. The molecular weight excluding hydrogens is 262 g/mol. The number of aliphatic carboxylic acids is 1. The number of aryl methyl sites for hydroxylation is 1. The minimum absolute atomic E-state index is 0.0891. The number of amides is 2. The maximum absolute atomic E-state index is 11.6. The Balaban J connectivity index is 2.44. The molecule has 0 saturated carbocycles. The van der Waals surface area contributed by atoms with Crippen molar-refractivity contribution in [2.75, 3.05) is 6.54 Å². The Bertz CT molecular complexity index is 466. The molecule has 0 bridgehead atoms. The molecule has 1 rings (SSSR count). The molecule has 0 saturated heterocycles. The standard InChI is InChI=1S/C13H21N3O4/c1-4-13(5-2,11(17)18)8-16-12(19)15-7-10-14-6-9(3)20-10/h6H,4-5,7-8H2,1-3H3,(H,17,18)(H2,15,16,19). The molecule has 0 fully saturated rings. The highest BCUT2D eigenvalue weighted by atomic mass is 16.4. The van der Waals surface area contributed by atoms with Crippen LogP contribution in [0.1, 0.15) is 38.3 Å². The van der Waals surface area contributed by atoms with E-state index >= 15 is 0 Å². The van der Waals surface area contributed by atoms with Gasteiger partial charge in [-0.15, -0.1) is 0 Å². The number of urea groups is 1. The second-order valence-corrected chi connectivity index (χ2v) is 4.69. The summed E-state index contributed by atoms with van der Waals surface area (Å²) in [5.74, 6) is 0.184. The number of carboxylic acid groups (broad SMARTS) is 1. The Morgan fingerprint density at radius 3 is 2.45 bits per heavy atom. The predicted octanol–water partition coefficient (Wildman–Crippen LogP) is 1.67. The van der Waals surface area contributed by atoms with Crippen LogP contribution in [-0.2, 0) is 11.3 Å². The Kier molecular flexibility index (Phi) is 5.54. The number of carbonyl (C=O) groups is 2. The van der Waals surface area contributed by atoms with Gasteiger partial charge in [-0.1, -0.05) is 13.8 Å². The van der Waals surface area contributed by atoms with E-state index < -0.39 is 17.4 Å². The number of oxazole rings is 1. The first-order chi connectivity index (χ1) is 9.43. The highest BCUT2D eigenvalue weighted by Crippen LogP contribution is 2.25. The molecule has 0 aliphatic carbocycles. The maximum atomic E-state index is 11.6. The number of nitrogens with one attached hydrogen (secondary N) is 2. The van der Waals surface area contributed by atoms with E-state index in [9.17, 15) is 14.7 Å². The number of hydrogen-bond acceptors (Lipinski definition) is 4. The Morgan fingerprint density at radius 2 is 2.00 bits per heavy atom. The fourth-order valence-electron chi connectivity index (χ4n) is 1.83. The molecule has 0 aromatic carbocycles. The monoisotopic (exact) mass is 283 g/mol. The quantitative estimate of drug-likeness (QED) is 0.706. The molecule has 1 aromatic heterocycles. The van der Waals surface area contributed by atoms with Gasteiger partial charge in [-0.3, -0.25) is 4.79 Å². The third-order valence-electron chi connectivity index (χ3n) is 3.46. The number of nitrogens with zero attached hydrogens (tertiary/aromatic N) is 1. The van der Waals surface area contributed by atoms with Crippen molar-refractivity contribution in [3.63, 3.8) is 0 Å². The van der Waals surface area contributed by atoms with Gasteiger partial charge in [-0.05, 0) is 19.8 Å². The van der Waals surface area contributed by atoms with Crippen LogP contribution in [0.15, 0.2) is 10.6 Å². The molecule has 1 heterocycles. The summed E-state index contributed by atoms with van der Waals surface area (Å²) in [5, 5.41) is 14.4. The topological polar surface area (TPSA) is 104 Å². The van der Waals surface area contributed by atoms with E-state index in [0.29, 0.717) is 24.5 Å². The van der Waals surface area contributed by atoms with Gasteiger partial charge in [-0.2, -0.15) is 0 Å². The van der Waals surface area contributed by atoms with Crippen molar-refractivity contribution in [3.05, 3.63) is 17.8 Å². The van der Waals surface area contributed by atoms with Gasteiger partial charge in [0.2, 0.25) is 5.89 Å². The first-order valence-corrected chi connectivity index (χ1v) is 6.60. The van der Waals surface area contributed by atoms with Crippen molar-refractivity contribution >= 4 is 12.0 Å². The molecule has 7 heteroatoms. The van der Waals surface area contributed by atoms with Gasteiger partial charge in [0.25, 0.3) is 0 Å². The number of carboxylic acids is 1. The molecule has 1 aromatic rings. The lowest BCUT2D eigenvalue weighted by Crippen LogP contribution is -2.45. The van der Waals surface area contributed by atoms with Gasteiger partial charge in [0.1, 0.15) is 5.76 Å². The van der Waals surface area contributed by atoms with Gasteiger partial charge in [0, 0.05) is 6.54 Å². The summed E-state index contributed by atoms with van der Waals surface area (Å²) in [7, 11) is 0. The highest BCUT2D eigenvalue weighted by molar-refractivity contribution is 5.78. The summed E-state index contributed by atoms with van der Waals surface area (Å²) in [6.07, 6.45) is 2.48. The van der Waals surface area contributed by atoms with Crippen LogP contribution in [0.3, 0.4) is 0 Å². The molecule has 2 amide bonds. The van der Waals surface area contributed by atoms with E-state index in [4.69, 9.17) is 4.42 Å². The van der Waals surface area contributed by atoms with Crippen LogP contribution in [0.5, 0.6) is 0 Å². The molecule has 0 radical (unpaired) electrons. The molecule has 0 atom stereocenters. The molecule has 0 aliphatic heterocycles. The normalized spacial score (nSPS) is 11.2. The van der Waals surface area contributed by atoms with Gasteiger partial charge >= 0.3 is 12.0 Å². The second kappa shape index (κ2) is 6.93. The SMILES string of the molecule is CCC(CC)(CNC(=O)NCc1ncc(C)o1)C(=O)O. The first-order valence-electron chi connectivity index (χ1n) is 6.60. The number of aromatic nitrogens is 1. The third-order valence-corrected chi connectivity index (χ3v) is 3.46. The summed E-state index contributed by atoms with van der Waals surface area (Å²) in [4.78, 5) is 26.9. The molecule has 7 nitrogen and oxygen atoms in total. The zero-order valence-electron chi connectivity index (χ0n) is 12.0. The maximum Gasteiger partial charge on any atom is 0.315 e. The van der Waals surface area contributed by atoms with Crippen molar-refractivity contribution in [1.29, 1.82) is 0 Å². The van der Waals surface area contributed by atoms with E-state index in [-0.39, 0.29) is 13.1 Å². The molecule has 112 valence electrons. The van der Waals surface area contributed by atoms with E-state index in [1.807, 2.05) is 0 Å². The smallest absolute Gasteiger partial charge is 0.315 e. The third kappa shape index (κ3) is 3.97. The van der Waals surface area contributed by atoms with Crippen LogP contribution in [-0.4, -0.2) is 28.6 Å². The summed E-state index contributed by atoms with van der Waals surface area (Å²) >= 11 is 0. The molecule has 0 spiro atoms. The van der Waals surface area contributed by atoms with Crippen LogP contribution < -0.4 is 10.6 Å². The lowest BCUT2D eigenvalue weighted by Gasteiger charge is -2.26. The fraction of sp³-hybridized carbons (Fsp3) is 0.615. The minimum atomic E-state index is -0.920. The first kappa shape index (κ1) is 16.0. The number of carbonyl (C=O) groups excluding carboxylic acids is 1. The Morgan fingerprint density at radius 1 is 1.35 bits per heavy atom. The van der Waals surface area contributed by atoms with E-state index in [1.165, 1.54) is 0 Å². The van der Waals surface area contributed by atoms with Gasteiger partial charge in [-0.25, -0.2) is 9.78 Å². The van der Waals surface area contributed by atoms with Crippen molar-refractivity contribution in [2.45, 2.75) is 40.2 Å². The van der Waals surface area contributed by atoms with Crippen LogP contribution in [0.25, 0.3) is 0 Å². The molecule has 0 unspecified atom stereocenters. The predicted molar refractivity (Wildman–Crippen MR) is 72.1 cm³/mol. The highest BCUT2D eigenvalue weighted by Gasteiger charge is 2.35. The van der Waals surface area contributed by atoms with Gasteiger partial charge < -0.3 is 20.2 Å². The molecular formula is C13H21N3O4. The molecule has 20 heavy (non-hydrogen) atoms. The van der Waals surface area contributed by atoms with Crippen molar-refractivity contribution in [2.24, 2.45) is 5.41 Å². The Hall–Kier alpha value is -2.05. The summed E-state index contributed by atoms with van der Waals surface area (Å²) in [6, 6.07) is -0.437. The fourth-order valence-corrected chi connectivity index (χ4v) is 1.83. The van der Waals surface area contributed by atoms with Crippen LogP contribution >= 0.6 is 0 Å². The van der Waals surface area contributed by atoms with E-state index in [2.05, 4.69) is 15.6 Å². The summed E-state index contributed by atoms with van der Waals surface area (Å²) in [5.41, 5.74) is -0.920. The van der Waals surface area contributed by atoms with Gasteiger partial charge in [0.05, 0.1) is 18.2 Å². The van der Waals surface area contributed by atoms with Crippen LogP contribution in [0.4, 0.5) is 4.79 Å². The van der Waals surface area contributed by atoms with E-state index in [0.717, 1.165) is 0 Å². The minimum Gasteiger partial charge on any atom is -0.481 e. The molecule has 3 N–H and O–H groups in total. The Labute approximate surface area is 117 Å². The second-order valence-electron chi connectivity index (χ2n) is 4.69. The zero-order valence-corrected chi connectivity index (χ0v) is 12.0. The average molecular weight is 283 g/mol. The lowest BCUT2D eigenvalue weighted by atomic mass is 9.82. The molecule has 0 aliphatic rings. The van der Waals surface area contributed by atoms with E-state index in [1.54, 1.807) is 27.0 Å².